The third-order valence-corrected chi connectivity index (χ3v) is 5.14. The maximum Gasteiger partial charge on any atom is 0.319 e. The molecule has 0 aromatic heterocycles. The van der Waals surface area contributed by atoms with Crippen LogP contribution in [-0.4, -0.2) is 35.0 Å². The molecule has 4 heteroatoms. The molecular weight excluding hydrogens is 230 g/mol. The Balaban J connectivity index is 2.02. The van der Waals surface area contributed by atoms with Crippen LogP contribution in [0.2, 0.25) is 0 Å². The van der Waals surface area contributed by atoms with Gasteiger partial charge in [-0.3, -0.25) is 9.59 Å². The number of amides is 1. The van der Waals surface area contributed by atoms with Crippen LogP contribution in [0, 0.1) is 10.8 Å². The molecule has 0 radical (unpaired) electrons. The van der Waals surface area contributed by atoms with Crippen LogP contribution in [0.5, 0.6) is 0 Å². The molecule has 4 nitrogen and oxygen atoms in total. The van der Waals surface area contributed by atoms with E-state index in [9.17, 15) is 14.7 Å². The monoisotopic (exact) mass is 253 g/mol. The largest absolute Gasteiger partial charge is 0.480 e. The summed E-state index contributed by atoms with van der Waals surface area (Å²) < 4.78 is 0. The molecule has 1 aliphatic carbocycles. The molecule has 0 atom stereocenters. The fraction of sp³-hybridized carbons (Fsp3) is 0.857. The molecule has 1 amide bonds. The highest BCUT2D eigenvalue weighted by Crippen LogP contribution is 2.44. The van der Waals surface area contributed by atoms with Gasteiger partial charge in [-0.2, -0.15) is 0 Å². The van der Waals surface area contributed by atoms with Gasteiger partial charge in [0.2, 0.25) is 5.91 Å². The van der Waals surface area contributed by atoms with E-state index in [0.29, 0.717) is 18.3 Å². The molecule has 0 bridgehead atoms. The molecule has 2 aliphatic rings. The lowest BCUT2D eigenvalue weighted by Crippen LogP contribution is -2.55. The topological polar surface area (TPSA) is 57.6 Å². The van der Waals surface area contributed by atoms with Crippen molar-refractivity contribution in [1.29, 1.82) is 0 Å². The maximum atomic E-state index is 12.4. The van der Waals surface area contributed by atoms with Gasteiger partial charge >= 0.3 is 5.97 Å². The average Bonchev–Trinajstić information content (AvgIpc) is 2.28. The minimum Gasteiger partial charge on any atom is -0.480 e. The Labute approximate surface area is 108 Å². The fourth-order valence-electron chi connectivity index (χ4n) is 2.96. The van der Waals surface area contributed by atoms with Gasteiger partial charge in [-0.1, -0.05) is 26.7 Å². The second-order valence-corrected chi connectivity index (χ2v) is 6.20. The minimum absolute atomic E-state index is 0.139. The van der Waals surface area contributed by atoms with Gasteiger partial charge in [0.15, 0.2) is 0 Å². The SMILES string of the molecule is CCC1(C)CCN(C(=O)C2(C(=O)O)CCC2)CC1. The zero-order valence-electron chi connectivity index (χ0n) is 11.4. The Bertz CT molecular complexity index is 352. The van der Waals surface area contributed by atoms with Crippen LogP contribution < -0.4 is 0 Å². The second-order valence-electron chi connectivity index (χ2n) is 6.20. The van der Waals surface area contributed by atoms with Crippen LogP contribution >= 0.6 is 0 Å². The molecular formula is C14H23NO3. The number of hydrogen-bond acceptors (Lipinski definition) is 2. The summed E-state index contributed by atoms with van der Waals surface area (Å²) in [6, 6.07) is 0. The van der Waals surface area contributed by atoms with Crippen molar-refractivity contribution >= 4 is 11.9 Å². The van der Waals surface area contributed by atoms with Gasteiger partial charge in [0.25, 0.3) is 0 Å². The number of carbonyl (C=O) groups excluding carboxylic acids is 1. The first kappa shape index (κ1) is 13.4. The van der Waals surface area contributed by atoms with Crippen molar-refractivity contribution in [2.75, 3.05) is 13.1 Å². The third kappa shape index (κ3) is 2.02. The Hall–Kier alpha value is -1.06. The lowest BCUT2D eigenvalue weighted by molar-refractivity contribution is -0.168. The summed E-state index contributed by atoms with van der Waals surface area (Å²) in [5.74, 6) is -1.07. The first-order chi connectivity index (χ1) is 8.43. The summed E-state index contributed by atoms with van der Waals surface area (Å²) >= 11 is 0. The number of likely N-dealkylation sites (tertiary alicyclic amines) is 1. The van der Waals surface area contributed by atoms with Gasteiger partial charge in [-0.05, 0) is 31.1 Å². The van der Waals surface area contributed by atoms with E-state index < -0.39 is 11.4 Å². The highest BCUT2D eigenvalue weighted by atomic mass is 16.4. The molecule has 102 valence electrons. The second kappa shape index (κ2) is 4.56. The molecule has 18 heavy (non-hydrogen) atoms. The molecule has 1 heterocycles. The summed E-state index contributed by atoms with van der Waals surface area (Å²) in [6.45, 7) is 5.88. The maximum absolute atomic E-state index is 12.4. The van der Waals surface area contributed by atoms with E-state index in [2.05, 4.69) is 13.8 Å². The van der Waals surface area contributed by atoms with Crippen LogP contribution in [0.1, 0.15) is 52.4 Å². The minimum atomic E-state index is -1.08. The standard InChI is InChI=1S/C14H23NO3/c1-3-13(2)7-9-15(10-8-13)11(16)14(12(17)18)5-4-6-14/h3-10H2,1-2H3,(H,17,18). The van der Waals surface area contributed by atoms with E-state index in [-0.39, 0.29) is 5.91 Å². The van der Waals surface area contributed by atoms with Crippen molar-refractivity contribution in [1.82, 2.24) is 4.90 Å². The number of rotatable bonds is 3. The Morgan fingerprint density at radius 3 is 2.06 bits per heavy atom. The van der Waals surface area contributed by atoms with E-state index in [1.807, 2.05) is 0 Å². The summed E-state index contributed by atoms with van der Waals surface area (Å²) in [6.07, 6.45) is 5.00. The van der Waals surface area contributed by atoms with Crippen molar-refractivity contribution in [2.24, 2.45) is 10.8 Å². The van der Waals surface area contributed by atoms with Gasteiger partial charge < -0.3 is 10.0 Å². The van der Waals surface area contributed by atoms with Crippen LogP contribution in [0.4, 0.5) is 0 Å². The molecule has 2 fully saturated rings. The molecule has 0 spiro atoms. The highest BCUT2D eigenvalue weighted by Gasteiger charge is 2.53. The lowest BCUT2D eigenvalue weighted by atomic mass is 9.67. The third-order valence-electron chi connectivity index (χ3n) is 5.14. The van der Waals surface area contributed by atoms with Crippen molar-refractivity contribution in [2.45, 2.75) is 52.4 Å². The zero-order valence-corrected chi connectivity index (χ0v) is 11.4. The Morgan fingerprint density at radius 2 is 1.72 bits per heavy atom. The van der Waals surface area contributed by atoms with E-state index in [1.54, 1.807) is 4.90 Å². The summed E-state index contributed by atoms with van der Waals surface area (Å²) in [7, 11) is 0. The average molecular weight is 253 g/mol. The smallest absolute Gasteiger partial charge is 0.319 e. The van der Waals surface area contributed by atoms with Gasteiger partial charge in [-0.25, -0.2) is 0 Å². The normalized spacial score (nSPS) is 25.3. The van der Waals surface area contributed by atoms with Crippen LogP contribution in [0.3, 0.4) is 0 Å². The molecule has 0 aromatic carbocycles. The Morgan fingerprint density at radius 1 is 1.17 bits per heavy atom. The molecule has 0 aromatic rings. The summed E-state index contributed by atoms with van der Waals surface area (Å²) in [5, 5.41) is 9.29. The van der Waals surface area contributed by atoms with Crippen molar-refractivity contribution in [3.8, 4) is 0 Å². The van der Waals surface area contributed by atoms with Crippen LogP contribution in [0.15, 0.2) is 0 Å². The van der Waals surface area contributed by atoms with Gasteiger partial charge in [0.05, 0.1) is 0 Å². The first-order valence-electron chi connectivity index (χ1n) is 6.96. The van der Waals surface area contributed by atoms with E-state index >= 15 is 0 Å². The number of hydrogen-bond donors (Lipinski definition) is 1. The van der Waals surface area contributed by atoms with Gasteiger partial charge in [0, 0.05) is 13.1 Å². The van der Waals surface area contributed by atoms with Crippen molar-refractivity contribution in [3.05, 3.63) is 0 Å². The number of carboxylic acid groups (broad SMARTS) is 1. The van der Waals surface area contributed by atoms with E-state index in [4.69, 9.17) is 0 Å². The number of carbonyl (C=O) groups is 2. The van der Waals surface area contributed by atoms with Crippen LogP contribution in [-0.2, 0) is 9.59 Å². The van der Waals surface area contributed by atoms with Crippen molar-refractivity contribution < 1.29 is 14.7 Å². The molecule has 2 rings (SSSR count). The van der Waals surface area contributed by atoms with E-state index in [0.717, 1.165) is 38.8 Å². The molecule has 1 saturated carbocycles. The van der Waals surface area contributed by atoms with Crippen molar-refractivity contribution in [3.63, 3.8) is 0 Å². The first-order valence-corrected chi connectivity index (χ1v) is 6.96. The quantitative estimate of drug-likeness (QED) is 0.785. The van der Waals surface area contributed by atoms with E-state index in [1.165, 1.54) is 0 Å². The van der Waals surface area contributed by atoms with Crippen LogP contribution in [0.25, 0.3) is 0 Å². The number of carboxylic acids is 1. The number of aliphatic carboxylic acids is 1. The fourth-order valence-corrected chi connectivity index (χ4v) is 2.96. The molecule has 1 N–H and O–H groups in total. The summed E-state index contributed by atoms with van der Waals surface area (Å²) in [5.41, 5.74) is -0.757. The van der Waals surface area contributed by atoms with Gasteiger partial charge in [-0.15, -0.1) is 0 Å². The predicted molar refractivity (Wildman–Crippen MR) is 68.1 cm³/mol. The Kier molecular flexibility index (Phi) is 3.39. The number of piperidine rings is 1. The number of nitrogens with zero attached hydrogens (tertiary/aromatic N) is 1. The highest BCUT2D eigenvalue weighted by molar-refractivity contribution is 6.02. The molecule has 1 aliphatic heterocycles. The molecule has 1 saturated heterocycles. The summed E-state index contributed by atoms with van der Waals surface area (Å²) in [4.78, 5) is 25.5. The molecule has 0 unspecified atom stereocenters. The zero-order chi connectivity index (χ0) is 13.4. The van der Waals surface area contributed by atoms with Gasteiger partial charge in [0.1, 0.15) is 5.41 Å². The lowest BCUT2D eigenvalue weighted by Gasteiger charge is -2.44. The predicted octanol–water partition coefficient (Wildman–Crippen LogP) is 2.28.